The summed E-state index contributed by atoms with van der Waals surface area (Å²) in [5, 5.41) is 9.11. The average Bonchev–Trinajstić information content (AvgIpc) is 3.16. The molecule has 0 atom stereocenters. The third-order valence-corrected chi connectivity index (χ3v) is 7.66. The molecule has 9 nitrogen and oxygen atoms in total. The first-order chi connectivity index (χ1) is 24.3. The SMILES string of the molecule is C=CC(=O)OCCCCOc1ccc(C(=O)Oc2ccc(C(CC)=NN=C(CC)c3ccc(OC(=O)c4ccc(CC)cc4)cc3)cc2)cc1. The summed E-state index contributed by atoms with van der Waals surface area (Å²) in [6.45, 7) is 10.2. The molecule has 0 bridgehead atoms. The molecule has 0 unspecified atom stereocenters. The second-order valence-electron chi connectivity index (χ2n) is 11.1. The number of hydrogen-bond donors (Lipinski definition) is 0. The first-order valence-corrected chi connectivity index (χ1v) is 16.7. The smallest absolute Gasteiger partial charge is 0.343 e. The van der Waals surface area contributed by atoms with Gasteiger partial charge in [-0.1, -0.05) is 39.5 Å². The zero-order valence-corrected chi connectivity index (χ0v) is 28.7. The van der Waals surface area contributed by atoms with Crippen LogP contribution in [-0.4, -0.2) is 42.5 Å². The van der Waals surface area contributed by atoms with Crippen LogP contribution >= 0.6 is 0 Å². The lowest BCUT2D eigenvalue weighted by molar-refractivity contribution is -0.137. The maximum atomic E-state index is 12.7. The second-order valence-corrected chi connectivity index (χ2v) is 11.1. The number of esters is 3. The minimum absolute atomic E-state index is 0.313. The molecule has 4 aromatic rings. The van der Waals surface area contributed by atoms with Gasteiger partial charge in [-0.25, -0.2) is 14.4 Å². The summed E-state index contributed by atoms with van der Waals surface area (Å²) in [6, 6.07) is 28.5. The first kappa shape index (κ1) is 37.0. The highest BCUT2D eigenvalue weighted by atomic mass is 16.5. The van der Waals surface area contributed by atoms with Crippen LogP contribution in [0.5, 0.6) is 17.2 Å². The lowest BCUT2D eigenvalue weighted by atomic mass is 10.1. The van der Waals surface area contributed by atoms with E-state index in [2.05, 4.69) is 23.7 Å². The third-order valence-electron chi connectivity index (χ3n) is 7.66. The Hall–Kier alpha value is -5.83. The fourth-order valence-corrected chi connectivity index (χ4v) is 4.74. The fourth-order valence-electron chi connectivity index (χ4n) is 4.74. The Morgan fingerprint density at radius 3 is 1.44 bits per heavy atom. The number of nitrogens with zero attached hydrogens (tertiary/aromatic N) is 2. The van der Waals surface area contributed by atoms with Crippen LogP contribution in [-0.2, 0) is 16.0 Å². The lowest BCUT2D eigenvalue weighted by Gasteiger charge is -2.09. The summed E-state index contributed by atoms with van der Waals surface area (Å²) in [6.07, 6.45) is 4.72. The summed E-state index contributed by atoms with van der Waals surface area (Å²) >= 11 is 0. The molecular weight excluding hydrogens is 632 g/mol. The van der Waals surface area contributed by atoms with Crippen molar-refractivity contribution in [2.24, 2.45) is 10.2 Å². The normalized spacial score (nSPS) is 11.4. The number of carbonyl (C=O) groups excluding carboxylic acids is 3. The Bertz CT molecular complexity index is 1790. The number of aryl methyl sites for hydroxylation is 1. The van der Waals surface area contributed by atoms with E-state index in [1.807, 2.05) is 50.2 Å². The van der Waals surface area contributed by atoms with Gasteiger partial charge in [0.2, 0.25) is 0 Å². The van der Waals surface area contributed by atoms with Crippen molar-refractivity contribution in [3.05, 3.63) is 138 Å². The highest BCUT2D eigenvalue weighted by Crippen LogP contribution is 2.20. The highest BCUT2D eigenvalue weighted by Gasteiger charge is 2.12. The number of rotatable bonds is 17. The van der Waals surface area contributed by atoms with E-state index in [1.54, 1.807) is 60.7 Å². The Morgan fingerprint density at radius 1 is 0.580 bits per heavy atom. The van der Waals surface area contributed by atoms with Gasteiger partial charge in [0.05, 0.1) is 35.8 Å². The molecule has 0 aromatic heterocycles. The van der Waals surface area contributed by atoms with Gasteiger partial charge in [-0.3, -0.25) is 0 Å². The summed E-state index contributed by atoms with van der Waals surface area (Å²) < 4.78 is 21.8. The number of unbranched alkanes of at least 4 members (excludes halogenated alkanes) is 1. The van der Waals surface area contributed by atoms with E-state index >= 15 is 0 Å². The number of ether oxygens (including phenoxy) is 4. The largest absolute Gasteiger partial charge is 0.494 e. The monoisotopic (exact) mass is 674 g/mol. The van der Waals surface area contributed by atoms with E-state index in [4.69, 9.17) is 18.9 Å². The first-order valence-electron chi connectivity index (χ1n) is 16.7. The standard InChI is InChI=1S/C41H42N2O7/c1-5-29-11-13-32(14-12-29)40(45)49-35-23-15-30(16-24-35)37(6-2)42-43-38(7-3)31-17-25-36(26-18-31)50-41(46)33-19-21-34(22-20-33)47-27-9-10-28-48-39(44)8-4/h8,11-26H,4-7,9-10,27-28H2,1-3H3. The Balaban J connectivity index is 1.30. The molecule has 0 heterocycles. The minimum Gasteiger partial charge on any atom is -0.494 e. The molecule has 50 heavy (non-hydrogen) atoms. The summed E-state index contributed by atoms with van der Waals surface area (Å²) in [5.41, 5.74) is 5.36. The van der Waals surface area contributed by atoms with Gasteiger partial charge in [0.1, 0.15) is 17.2 Å². The van der Waals surface area contributed by atoms with Crippen molar-refractivity contribution in [1.82, 2.24) is 0 Å². The molecule has 0 N–H and O–H groups in total. The van der Waals surface area contributed by atoms with Crippen molar-refractivity contribution < 1.29 is 33.3 Å². The molecule has 9 heteroatoms. The molecule has 0 spiro atoms. The van der Waals surface area contributed by atoms with Crippen LogP contribution in [0.3, 0.4) is 0 Å². The molecule has 0 radical (unpaired) electrons. The van der Waals surface area contributed by atoms with Gasteiger partial charge in [0.25, 0.3) is 0 Å². The summed E-state index contributed by atoms with van der Waals surface area (Å²) in [4.78, 5) is 36.3. The predicted octanol–water partition coefficient (Wildman–Crippen LogP) is 8.59. The minimum atomic E-state index is -0.485. The summed E-state index contributed by atoms with van der Waals surface area (Å²) in [5.74, 6) is 0.156. The van der Waals surface area contributed by atoms with E-state index in [1.165, 1.54) is 0 Å². The summed E-state index contributed by atoms with van der Waals surface area (Å²) in [7, 11) is 0. The number of hydrogen-bond acceptors (Lipinski definition) is 9. The van der Waals surface area contributed by atoms with Crippen LogP contribution in [0.4, 0.5) is 0 Å². The van der Waals surface area contributed by atoms with Crippen LogP contribution in [0.15, 0.2) is 120 Å². The molecular formula is C41H42N2O7. The van der Waals surface area contributed by atoms with Crippen molar-refractivity contribution in [1.29, 1.82) is 0 Å². The molecule has 258 valence electrons. The van der Waals surface area contributed by atoms with Crippen molar-refractivity contribution in [2.45, 2.75) is 52.9 Å². The van der Waals surface area contributed by atoms with Gasteiger partial charge in [0, 0.05) is 6.08 Å². The Morgan fingerprint density at radius 2 is 1.00 bits per heavy atom. The van der Waals surface area contributed by atoms with Crippen molar-refractivity contribution in [3.8, 4) is 17.2 Å². The Kier molecular flexibility index (Phi) is 14.2. The van der Waals surface area contributed by atoms with Gasteiger partial charge >= 0.3 is 17.9 Å². The highest BCUT2D eigenvalue weighted by molar-refractivity contribution is 6.03. The van der Waals surface area contributed by atoms with E-state index < -0.39 is 17.9 Å². The number of benzene rings is 4. The van der Waals surface area contributed by atoms with Crippen LogP contribution < -0.4 is 14.2 Å². The van der Waals surface area contributed by atoms with E-state index in [9.17, 15) is 14.4 Å². The molecule has 0 fully saturated rings. The lowest BCUT2D eigenvalue weighted by Crippen LogP contribution is -2.09. The zero-order chi connectivity index (χ0) is 35.7. The molecule has 0 aliphatic rings. The molecule has 0 aliphatic carbocycles. The molecule has 0 saturated heterocycles. The number of carbonyl (C=O) groups is 3. The van der Waals surface area contributed by atoms with Crippen LogP contribution in [0.2, 0.25) is 0 Å². The van der Waals surface area contributed by atoms with Crippen LogP contribution in [0.25, 0.3) is 0 Å². The van der Waals surface area contributed by atoms with E-state index in [-0.39, 0.29) is 0 Å². The van der Waals surface area contributed by atoms with E-state index in [0.29, 0.717) is 67.3 Å². The van der Waals surface area contributed by atoms with Crippen LogP contribution in [0, 0.1) is 0 Å². The second kappa shape index (κ2) is 19.2. The van der Waals surface area contributed by atoms with E-state index in [0.717, 1.165) is 40.6 Å². The van der Waals surface area contributed by atoms with Crippen molar-refractivity contribution in [2.75, 3.05) is 13.2 Å². The van der Waals surface area contributed by atoms with Crippen molar-refractivity contribution in [3.63, 3.8) is 0 Å². The van der Waals surface area contributed by atoms with Crippen LogP contribution in [0.1, 0.15) is 83.9 Å². The Labute approximate surface area is 293 Å². The van der Waals surface area contributed by atoms with Gasteiger partial charge < -0.3 is 18.9 Å². The molecule has 4 rings (SSSR count). The third kappa shape index (κ3) is 11.1. The fraction of sp³-hybridized carbons (Fsp3) is 0.244. The average molecular weight is 675 g/mol. The zero-order valence-electron chi connectivity index (χ0n) is 28.7. The van der Waals surface area contributed by atoms with Gasteiger partial charge in [-0.05, 0) is 134 Å². The maximum absolute atomic E-state index is 12.7. The predicted molar refractivity (Wildman–Crippen MR) is 195 cm³/mol. The van der Waals surface area contributed by atoms with Gasteiger partial charge in [-0.2, -0.15) is 10.2 Å². The molecule has 0 saturated carbocycles. The molecule has 4 aromatic carbocycles. The maximum Gasteiger partial charge on any atom is 0.343 e. The van der Waals surface area contributed by atoms with Crippen molar-refractivity contribution >= 4 is 29.3 Å². The molecule has 0 amide bonds. The molecule has 0 aliphatic heterocycles. The van der Waals surface area contributed by atoms with Gasteiger partial charge in [0.15, 0.2) is 0 Å². The van der Waals surface area contributed by atoms with Gasteiger partial charge in [-0.15, -0.1) is 0 Å². The quantitative estimate of drug-likeness (QED) is 0.0275. The topological polar surface area (TPSA) is 113 Å².